The lowest BCUT2D eigenvalue weighted by Gasteiger charge is -2.31. The number of nitrogens with zero attached hydrogens (tertiary/aromatic N) is 4. The van der Waals surface area contributed by atoms with Crippen LogP contribution in [0, 0.1) is 23.1 Å². The number of fused-ring (bicyclic) bond motifs is 3. The van der Waals surface area contributed by atoms with Crippen LogP contribution in [0.3, 0.4) is 0 Å². The zero-order valence-electron chi connectivity index (χ0n) is 27.7. The van der Waals surface area contributed by atoms with Crippen molar-refractivity contribution in [3.63, 3.8) is 0 Å². The summed E-state index contributed by atoms with van der Waals surface area (Å²) in [5.41, 5.74) is 5.10. The number of ether oxygens (including phenoxy) is 1. The molecule has 1 aliphatic heterocycles. The van der Waals surface area contributed by atoms with Crippen molar-refractivity contribution in [2.75, 3.05) is 31.3 Å². The molecule has 1 fully saturated rings. The molecule has 0 unspecified atom stereocenters. The van der Waals surface area contributed by atoms with Gasteiger partial charge in [0, 0.05) is 50.1 Å². The van der Waals surface area contributed by atoms with E-state index in [0.717, 1.165) is 11.6 Å². The van der Waals surface area contributed by atoms with Crippen LogP contribution in [0.2, 0.25) is 45.3 Å². The molecule has 0 saturated carbocycles. The maximum absolute atomic E-state index is 15.4. The Morgan fingerprint density at radius 2 is 1.67 bits per heavy atom. The maximum Gasteiger partial charge on any atom is 0.211 e. The van der Waals surface area contributed by atoms with Crippen LogP contribution < -0.4 is 5.32 Å². The van der Waals surface area contributed by atoms with Crippen LogP contribution in [-0.4, -0.2) is 75.6 Å². The fourth-order valence-electron chi connectivity index (χ4n) is 5.40. The van der Waals surface area contributed by atoms with E-state index in [-0.39, 0.29) is 24.0 Å². The van der Waals surface area contributed by atoms with Crippen molar-refractivity contribution in [2.45, 2.75) is 70.9 Å². The first-order valence-electron chi connectivity index (χ1n) is 15.6. The smallest absolute Gasteiger partial charge is 0.211 e. The summed E-state index contributed by atoms with van der Waals surface area (Å²) in [6.45, 7) is 14.9. The van der Waals surface area contributed by atoms with Gasteiger partial charge >= 0.3 is 0 Å². The third-order valence-electron chi connectivity index (χ3n) is 7.94. The van der Waals surface area contributed by atoms with Crippen molar-refractivity contribution >= 4 is 53.8 Å². The molecule has 2 aromatic carbocycles. The zero-order valence-corrected chi connectivity index (χ0v) is 30.5. The third kappa shape index (κ3) is 8.03. The fraction of sp³-hybridized carbons (Fsp3) is 0.455. The van der Waals surface area contributed by atoms with E-state index >= 15 is 8.78 Å². The average molecular weight is 684 g/mol. The Balaban J connectivity index is 1.67. The summed E-state index contributed by atoms with van der Waals surface area (Å²) in [5.74, 6) is 2.41. The largest absolute Gasteiger partial charge is 0.366 e. The van der Waals surface area contributed by atoms with Crippen LogP contribution in [0.1, 0.15) is 18.4 Å². The number of benzene rings is 2. The molecule has 8 nitrogen and oxygen atoms in total. The van der Waals surface area contributed by atoms with Crippen LogP contribution in [0.4, 0.5) is 14.6 Å². The minimum absolute atomic E-state index is 0.0657. The molecule has 0 aliphatic carbocycles. The Bertz CT molecular complexity index is 1910. The highest BCUT2D eigenvalue weighted by Gasteiger charge is 2.28. The van der Waals surface area contributed by atoms with Crippen molar-refractivity contribution in [3.05, 3.63) is 53.6 Å². The van der Waals surface area contributed by atoms with Gasteiger partial charge in [-0.25, -0.2) is 31.2 Å². The summed E-state index contributed by atoms with van der Waals surface area (Å²) in [7, 11) is -6.30. The van der Waals surface area contributed by atoms with E-state index in [1.165, 1.54) is 28.8 Å². The van der Waals surface area contributed by atoms with Gasteiger partial charge in [0.15, 0.2) is 5.82 Å². The number of piperidine rings is 1. The Hall–Kier alpha value is -3.16. The lowest BCUT2D eigenvalue weighted by atomic mass is 9.99. The SMILES string of the molecule is C[Si](C)(C)C#Cc1ccc2c(c1)c(-c1c(F)cccc1F)nc1c(NC3CCN(S(C)(=O)=O)CC3)n(COCC[Si](C)(C)C)nc12. The molecule has 3 heterocycles. The topological polar surface area (TPSA) is 89.4 Å². The molecule has 1 saturated heterocycles. The molecule has 0 amide bonds. The highest BCUT2D eigenvalue weighted by Crippen LogP contribution is 2.38. The van der Waals surface area contributed by atoms with E-state index in [9.17, 15) is 8.42 Å². The Kier molecular flexibility index (Phi) is 9.78. The van der Waals surface area contributed by atoms with Gasteiger partial charge in [0.2, 0.25) is 10.0 Å². The highest BCUT2D eigenvalue weighted by molar-refractivity contribution is 7.88. The van der Waals surface area contributed by atoms with Gasteiger partial charge in [0.1, 0.15) is 37.5 Å². The minimum Gasteiger partial charge on any atom is -0.366 e. The predicted molar refractivity (Wildman–Crippen MR) is 188 cm³/mol. The van der Waals surface area contributed by atoms with E-state index in [1.807, 2.05) is 18.2 Å². The van der Waals surface area contributed by atoms with Gasteiger partial charge in [-0.1, -0.05) is 57.3 Å². The van der Waals surface area contributed by atoms with Crippen molar-refractivity contribution in [3.8, 4) is 22.7 Å². The molecule has 0 atom stereocenters. The standard InChI is InChI=1S/C33H43F2N5O3SSi2/c1-44(41,42)39-16-13-24(14-17-39)36-33-32-31(38-40(33)22-43-18-20-46(5,6)7)25-12-11-23(15-19-45(2,3)4)21-26(25)30(37-32)29-27(34)9-8-10-28(29)35/h8-12,21,24,36H,13-14,16-18,20,22H2,1-7H3. The molecular weight excluding hydrogens is 641 g/mol. The van der Waals surface area contributed by atoms with Gasteiger partial charge in [0.25, 0.3) is 0 Å². The van der Waals surface area contributed by atoms with Crippen molar-refractivity contribution in [1.29, 1.82) is 0 Å². The summed E-state index contributed by atoms with van der Waals surface area (Å²) >= 11 is 0. The normalized spacial score (nSPS) is 15.3. The first-order chi connectivity index (χ1) is 21.5. The molecule has 1 N–H and O–H groups in total. The minimum atomic E-state index is -3.29. The zero-order chi connectivity index (χ0) is 33.4. The van der Waals surface area contributed by atoms with Crippen LogP contribution in [0.25, 0.3) is 33.1 Å². The van der Waals surface area contributed by atoms with Gasteiger partial charge in [-0.3, -0.25) is 0 Å². The van der Waals surface area contributed by atoms with Crippen LogP contribution in [0.5, 0.6) is 0 Å². The number of anilines is 1. The summed E-state index contributed by atoms with van der Waals surface area (Å²) in [5, 5.41) is 9.75. The molecule has 5 rings (SSSR count). The molecule has 246 valence electrons. The van der Waals surface area contributed by atoms with E-state index in [1.54, 1.807) is 4.68 Å². The molecule has 2 aromatic heterocycles. The second kappa shape index (κ2) is 13.2. The quantitative estimate of drug-likeness (QED) is 0.117. The average Bonchev–Trinajstić information content (AvgIpc) is 3.30. The lowest BCUT2D eigenvalue weighted by molar-refractivity contribution is 0.0803. The van der Waals surface area contributed by atoms with E-state index in [2.05, 4.69) is 56.1 Å². The Morgan fingerprint density at radius 1 is 1.00 bits per heavy atom. The number of pyridine rings is 1. The number of rotatable bonds is 9. The molecule has 13 heteroatoms. The van der Waals surface area contributed by atoms with Gasteiger partial charge in [-0.15, -0.1) is 5.54 Å². The predicted octanol–water partition coefficient (Wildman–Crippen LogP) is 6.91. The van der Waals surface area contributed by atoms with Gasteiger partial charge in [-0.2, -0.15) is 5.10 Å². The molecule has 0 spiro atoms. The number of nitrogens with one attached hydrogen (secondary N) is 1. The van der Waals surface area contributed by atoms with Gasteiger partial charge in [-0.05, 0) is 43.2 Å². The van der Waals surface area contributed by atoms with E-state index in [4.69, 9.17) is 14.8 Å². The number of hydrogen-bond acceptors (Lipinski definition) is 6. The lowest BCUT2D eigenvalue weighted by Crippen LogP contribution is -2.42. The number of halogens is 2. The van der Waals surface area contributed by atoms with Crippen molar-refractivity contribution in [1.82, 2.24) is 19.1 Å². The van der Waals surface area contributed by atoms with Crippen LogP contribution >= 0.6 is 0 Å². The second-order valence-corrected chi connectivity index (χ2v) is 26.6. The van der Waals surface area contributed by atoms with Crippen LogP contribution in [-0.2, 0) is 21.5 Å². The molecule has 1 aliphatic rings. The molecule has 0 radical (unpaired) electrons. The molecule has 46 heavy (non-hydrogen) atoms. The van der Waals surface area contributed by atoms with E-state index < -0.39 is 37.8 Å². The van der Waals surface area contributed by atoms with Crippen LogP contribution in [0.15, 0.2) is 36.4 Å². The number of sulfonamides is 1. The van der Waals surface area contributed by atoms with Crippen molar-refractivity contribution in [2.24, 2.45) is 0 Å². The van der Waals surface area contributed by atoms with E-state index in [0.29, 0.717) is 60.2 Å². The third-order valence-corrected chi connectivity index (χ3v) is 11.8. The van der Waals surface area contributed by atoms with Crippen molar-refractivity contribution < 1.29 is 21.9 Å². The summed E-state index contributed by atoms with van der Waals surface area (Å²) in [6, 6.07) is 10.4. The molecular formula is C33H43F2N5O3SSi2. The summed E-state index contributed by atoms with van der Waals surface area (Å²) in [4.78, 5) is 4.93. The van der Waals surface area contributed by atoms with Gasteiger partial charge in [0.05, 0.1) is 17.5 Å². The Morgan fingerprint density at radius 3 is 2.28 bits per heavy atom. The van der Waals surface area contributed by atoms with Gasteiger partial charge < -0.3 is 10.1 Å². The number of aromatic nitrogens is 3. The summed E-state index contributed by atoms with van der Waals surface area (Å²) in [6.07, 6.45) is 2.39. The molecule has 4 aromatic rings. The molecule has 0 bridgehead atoms. The monoisotopic (exact) mass is 683 g/mol. The second-order valence-electron chi connectivity index (χ2n) is 14.3. The number of hydrogen-bond donors (Lipinski definition) is 1. The first kappa shape index (κ1) is 34.2. The Labute approximate surface area is 272 Å². The first-order valence-corrected chi connectivity index (χ1v) is 24.7. The highest BCUT2D eigenvalue weighted by atomic mass is 32.2. The maximum atomic E-state index is 15.4. The summed E-state index contributed by atoms with van der Waals surface area (Å²) < 4.78 is 64.3. The fourth-order valence-corrected chi connectivity index (χ4v) is 7.55.